The van der Waals surface area contributed by atoms with Gasteiger partial charge in [0.1, 0.15) is 12.4 Å². The fourth-order valence-corrected chi connectivity index (χ4v) is 2.26. The summed E-state index contributed by atoms with van der Waals surface area (Å²) in [4.78, 5) is 0. The van der Waals surface area contributed by atoms with Gasteiger partial charge < -0.3 is 9.67 Å². The topological polar surface area (TPSA) is 68.8 Å². The molecule has 0 saturated carbocycles. The standard InChI is InChI=1S/C11H15N5O/c17-8-9-2-3-10-13-14-11(16(10)6-9)7-15-5-1-4-12-15/h1,4-5,9,17H,2-3,6-8H2. The van der Waals surface area contributed by atoms with Gasteiger partial charge in [0.2, 0.25) is 0 Å². The molecule has 1 aliphatic heterocycles. The van der Waals surface area contributed by atoms with Crippen molar-refractivity contribution in [2.45, 2.75) is 25.9 Å². The van der Waals surface area contributed by atoms with Crippen molar-refractivity contribution < 1.29 is 5.11 Å². The average Bonchev–Trinajstić information content (AvgIpc) is 2.99. The van der Waals surface area contributed by atoms with E-state index in [1.165, 1.54) is 0 Å². The van der Waals surface area contributed by atoms with Crippen molar-refractivity contribution in [3.05, 3.63) is 30.1 Å². The molecule has 0 spiro atoms. The largest absolute Gasteiger partial charge is 0.396 e. The van der Waals surface area contributed by atoms with Crippen molar-refractivity contribution in [3.8, 4) is 0 Å². The lowest BCUT2D eigenvalue weighted by Gasteiger charge is -2.22. The maximum absolute atomic E-state index is 9.23. The minimum atomic E-state index is 0.235. The summed E-state index contributed by atoms with van der Waals surface area (Å²) in [5.74, 6) is 2.27. The van der Waals surface area contributed by atoms with Gasteiger partial charge >= 0.3 is 0 Å². The van der Waals surface area contributed by atoms with Crippen LogP contribution in [-0.4, -0.2) is 36.3 Å². The number of rotatable bonds is 3. The molecular weight excluding hydrogens is 218 g/mol. The monoisotopic (exact) mass is 233 g/mol. The van der Waals surface area contributed by atoms with Crippen LogP contribution in [0.3, 0.4) is 0 Å². The van der Waals surface area contributed by atoms with Crippen molar-refractivity contribution >= 4 is 0 Å². The van der Waals surface area contributed by atoms with Crippen LogP contribution in [0.1, 0.15) is 18.1 Å². The fourth-order valence-electron chi connectivity index (χ4n) is 2.26. The number of fused-ring (bicyclic) bond motifs is 1. The second-order valence-electron chi connectivity index (χ2n) is 4.43. The normalized spacial score (nSPS) is 19.2. The second kappa shape index (κ2) is 4.29. The number of aryl methyl sites for hydroxylation is 1. The summed E-state index contributed by atoms with van der Waals surface area (Å²) in [6, 6.07) is 1.89. The minimum Gasteiger partial charge on any atom is -0.396 e. The van der Waals surface area contributed by atoms with Crippen LogP contribution in [0.25, 0.3) is 0 Å². The molecule has 1 unspecified atom stereocenters. The Hall–Kier alpha value is -1.69. The quantitative estimate of drug-likeness (QED) is 0.815. The average molecular weight is 233 g/mol. The number of aliphatic hydroxyl groups is 1. The summed E-state index contributed by atoms with van der Waals surface area (Å²) >= 11 is 0. The van der Waals surface area contributed by atoms with Crippen molar-refractivity contribution in [3.63, 3.8) is 0 Å². The van der Waals surface area contributed by atoms with Crippen LogP contribution >= 0.6 is 0 Å². The first kappa shape index (κ1) is 10.5. The first-order chi connectivity index (χ1) is 8.36. The first-order valence-corrected chi connectivity index (χ1v) is 5.86. The van der Waals surface area contributed by atoms with Gasteiger partial charge in [0.25, 0.3) is 0 Å². The lowest BCUT2D eigenvalue weighted by molar-refractivity contribution is 0.189. The Bertz CT molecular complexity index is 490. The van der Waals surface area contributed by atoms with Crippen LogP contribution in [-0.2, 0) is 19.5 Å². The molecule has 6 nitrogen and oxygen atoms in total. The van der Waals surface area contributed by atoms with Crippen LogP contribution in [0.5, 0.6) is 0 Å². The lowest BCUT2D eigenvalue weighted by Crippen LogP contribution is -2.24. The third kappa shape index (κ3) is 1.95. The van der Waals surface area contributed by atoms with Crippen LogP contribution in [0.2, 0.25) is 0 Å². The van der Waals surface area contributed by atoms with Gasteiger partial charge in [-0.1, -0.05) is 0 Å². The van der Waals surface area contributed by atoms with Crippen molar-refractivity contribution in [1.82, 2.24) is 24.5 Å². The molecule has 0 aromatic carbocycles. The minimum absolute atomic E-state index is 0.235. The van der Waals surface area contributed by atoms with E-state index >= 15 is 0 Å². The summed E-state index contributed by atoms with van der Waals surface area (Å²) < 4.78 is 3.95. The first-order valence-electron chi connectivity index (χ1n) is 5.86. The SMILES string of the molecule is OCC1CCc2nnc(Cn3cccn3)n2C1. The summed E-state index contributed by atoms with van der Waals surface area (Å²) in [5.41, 5.74) is 0. The molecule has 6 heteroatoms. The molecule has 1 N–H and O–H groups in total. The Morgan fingerprint density at radius 1 is 1.41 bits per heavy atom. The maximum atomic E-state index is 9.23. The number of hydrogen-bond donors (Lipinski definition) is 1. The second-order valence-corrected chi connectivity index (χ2v) is 4.43. The van der Waals surface area contributed by atoms with Crippen LogP contribution in [0, 0.1) is 5.92 Å². The van der Waals surface area contributed by atoms with E-state index in [1.807, 2.05) is 16.9 Å². The Labute approximate surface area is 98.9 Å². The molecule has 17 heavy (non-hydrogen) atoms. The number of nitrogens with zero attached hydrogens (tertiary/aromatic N) is 5. The molecule has 0 aliphatic carbocycles. The molecule has 0 amide bonds. The van der Waals surface area contributed by atoms with Gasteiger partial charge in [-0.3, -0.25) is 4.68 Å². The highest BCUT2D eigenvalue weighted by Gasteiger charge is 2.22. The summed E-state index contributed by atoms with van der Waals surface area (Å²) in [6.07, 6.45) is 5.56. The van der Waals surface area contributed by atoms with E-state index in [1.54, 1.807) is 6.20 Å². The Balaban J connectivity index is 1.84. The van der Waals surface area contributed by atoms with Crippen molar-refractivity contribution in [2.24, 2.45) is 5.92 Å². The van der Waals surface area contributed by atoms with Gasteiger partial charge in [0.15, 0.2) is 5.82 Å². The maximum Gasteiger partial charge on any atom is 0.154 e. The van der Waals surface area contributed by atoms with Crippen molar-refractivity contribution in [2.75, 3.05) is 6.61 Å². The highest BCUT2D eigenvalue weighted by Crippen LogP contribution is 2.19. The smallest absolute Gasteiger partial charge is 0.154 e. The molecule has 3 rings (SSSR count). The Kier molecular flexibility index (Phi) is 2.64. The van der Waals surface area contributed by atoms with E-state index in [0.29, 0.717) is 12.5 Å². The molecule has 0 bridgehead atoms. The van der Waals surface area contributed by atoms with E-state index in [9.17, 15) is 5.11 Å². The molecule has 2 aromatic rings. The molecule has 0 radical (unpaired) electrons. The summed E-state index contributed by atoms with van der Waals surface area (Å²) in [7, 11) is 0. The molecule has 1 atom stereocenters. The van der Waals surface area contributed by atoms with Gasteiger partial charge in [-0.25, -0.2) is 0 Å². The number of aliphatic hydroxyl groups excluding tert-OH is 1. The highest BCUT2D eigenvalue weighted by atomic mass is 16.3. The van der Waals surface area contributed by atoms with E-state index in [0.717, 1.165) is 31.0 Å². The lowest BCUT2D eigenvalue weighted by atomic mass is 10.0. The van der Waals surface area contributed by atoms with Crippen LogP contribution in [0.15, 0.2) is 18.5 Å². The number of aromatic nitrogens is 5. The van der Waals surface area contributed by atoms with Crippen LogP contribution in [0.4, 0.5) is 0 Å². The van der Waals surface area contributed by atoms with E-state index < -0.39 is 0 Å². The summed E-state index contributed by atoms with van der Waals surface area (Å²) in [6.45, 7) is 1.69. The molecule has 0 saturated heterocycles. The van der Waals surface area contributed by atoms with Crippen LogP contribution < -0.4 is 0 Å². The van der Waals surface area contributed by atoms with Crippen molar-refractivity contribution in [1.29, 1.82) is 0 Å². The molecule has 1 aliphatic rings. The molecule has 2 aromatic heterocycles. The zero-order valence-corrected chi connectivity index (χ0v) is 9.53. The van der Waals surface area contributed by atoms with Gasteiger partial charge in [-0.15, -0.1) is 10.2 Å². The zero-order chi connectivity index (χ0) is 11.7. The Morgan fingerprint density at radius 2 is 2.35 bits per heavy atom. The van der Waals surface area contributed by atoms with E-state index in [4.69, 9.17) is 0 Å². The van der Waals surface area contributed by atoms with Gasteiger partial charge in [-0.2, -0.15) is 5.10 Å². The molecular formula is C11H15N5O. The molecule has 3 heterocycles. The summed E-state index contributed by atoms with van der Waals surface area (Å²) in [5, 5.41) is 21.8. The predicted octanol–water partition coefficient (Wildman–Crippen LogP) is 0.0776. The van der Waals surface area contributed by atoms with Gasteiger partial charge in [0.05, 0.1) is 0 Å². The van der Waals surface area contributed by atoms with Gasteiger partial charge in [0, 0.05) is 37.9 Å². The zero-order valence-electron chi connectivity index (χ0n) is 9.53. The predicted molar refractivity (Wildman–Crippen MR) is 60.2 cm³/mol. The third-order valence-corrected chi connectivity index (χ3v) is 3.24. The fraction of sp³-hybridized carbons (Fsp3) is 0.545. The van der Waals surface area contributed by atoms with E-state index in [-0.39, 0.29) is 6.61 Å². The Morgan fingerprint density at radius 3 is 3.12 bits per heavy atom. The van der Waals surface area contributed by atoms with Gasteiger partial charge in [-0.05, 0) is 12.5 Å². The number of hydrogen-bond acceptors (Lipinski definition) is 4. The van der Waals surface area contributed by atoms with E-state index in [2.05, 4.69) is 19.9 Å². The highest BCUT2D eigenvalue weighted by molar-refractivity contribution is 5.00. The molecule has 0 fully saturated rings. The molecule has 90 valence electrons. The third-order valence-electron chi connectivity index (χ3n) is 3.24.